The number of hydrogen-bond donors (Lipinski definition) is 1. The van der Waals surface area contributed by atoms with Crippen LogP contribution in [0.2, 0.25) is 0 Å². The number of thioether (sulfide) groups is 1. The van der Waals surface area contributed by atoms with Crippen molar-refractivity contribution in [2.75, 3.05) is 5.75 Å². The van der Waals surface area contributed by atoms with Gasteiger partial charge in [0.2, 0.25) is 5.91 Å². The first-order valence-corrected chi connectivity index (χ1v) is 9.93. The van der Waals surface area contributed by atoms with Gasteiger partial charge in [-0.3, -0.25) is 4.79 Å². The van der Waals surface area contributed by atoms with Crippen LogP contribution in [-0.4, -0.2) is 26.4 Å². The van der Waals surface area contributed by atoms with E-state index in [1.54, 1.807) is 17.7 Å². The van der Waals surface area contributed by atoms with Crippen LogP contribution in [-0.2, 0) is 24.3 Å². The molecular formula is C18H20N4OS2. The second kappa shape index (κ2) is 8.82. The normalized spacial score (nSPS) is 10.8. The molecule has 0 aliphatic rings. The third-order valence-electron chi connectivity index (χ3n) is 3.83. The fourth-order valence-corrected chi connectivity index (χ4v) is 3.85. The van der Waals surface area contributed by atoms with Gasteiger partial charge in [0.25, 0.3) is 0 Å². The number of aryl methyl sites for hydroxylation is 3. The van der Waals surface area contributed by atoms with Gasteiger partial charge in [0.15, 0.2) is 5.16 Å². The Labute approximate surface area is 155 Å². The third-order valence-corrected chi connectivity index (χ3v) is 5.75. The quantitative estimate of drug-likeness (QED) is 0.617. The molecule has 0 bridgehead atoms. The number of aromatic nitrogens is 3. The SMILES string of the molecule is Cc1ccccc1CNC(=O)CSc1nncn1CCc1cccs1. The van der Waals surface area contributed by atoms with Crippen molar-refractivity contribution in [2.24, 2.45) is 0 Å². The smallest absolute Gasteiger partial charge is 0.230 e. The minimum absolute atomic E-state index is 0.000981. The lowest BCUT2D eigenvalue weighted by Crippen LogP contribution is -2.25. The molecule has 0 saturated carbocycles. The van der Waals surface area contributed by atoms with Gasteiger partial charge >= 0.3 is 0 Å². The van der Waals surface area contributed by atoms with Crippen LogP contribution in [0.1, 0.15) is 16.0 Å². The van der Waals surface area contributed by atoms with E-state index < -0.39 is 0 Å². The molecule has 0 aliphatic carbocycles. The van der Waals surface area contributed by atoms with Crippen molar-refractivity contribution in [3.63, 3.8) is 0 Å². The number of nitrogens with one attached hydrogen (secondary N) is 1. The molecule has 2 heterocycles. The number of nitrogens with zero attached hydrogens (tertiary/aromatic N) is 3. The summed E-state index contributed by atoms with van der Waals surface area (Å²) in [5.74, 6) is 0.338. The summed E-state index contributed by atoms with van der Waals surface area (Å²) in [5, 5.41) is 13.9. The van der Waals surface area contributed by atoms with E-state index in [9.17, 15) is 4.79 Å². The topological polar surface area (TPSA) is 59.8 Å². The fraction of sp³-hybridized carbons (Fsp3) is 0.278. The van der Waals surface area contributed by atoms with Crippen molar-refractivity contribution in [1.82, 2.24) is 20.1 Å². The lowest BCUT2D eigenvalue weighted by atomic mass is 10.1. The highest BCUT2D eigenvalue weighted by Crippen LogP contribution is 2.16. The number of thiophene rings is 1. The van der Waals surface area contributed by atoms with Gasteiger partial charge in [0.05, 0.1) is 5.75 Å². The molecule has 130 valence electrons. The van der Waals surface area contributed by atoms with E-state index >= 15 is 0 Å². The van der Waals surface area contributed by atoms with Crippen LogP contribution in [0, 0.1) is 6.92 Å². The van der Waals surface area contributed by atoms with E-state index in [4.69, 9.17) is 0 Å². The lowest BCUT2D eigenvalue weighted by molar-refractivity contribution is -0.118. The number of amides is 1. The molecule has 0 aliphatic heterocycles. The summed E-state index contributed by atoms with van der Waals surface area (Å²) in [6, 6.07) is 12.2. The molecule has 0 saturated heterocycles. The molecule has 0 atom stereocenters. The summed E-state index contributed by atoms with van der Waals surface area (Å²) in [5.41, 5.74) is 2.32. The van der Waals surface area contributed by atoms with Gasteiger partial charge in [0.1, 0.15) is 6.33 Å². The Morgan fingerprint density at radius 2 is 2.16 bits per heavy atom. The van der Waals surface area contributed by atoms with E-state index in [0.717, 1.165) is 23.7 Å². The zero-order chi connectivity index (χ0) is 17.5. The Bertz CT molecular complexity index is 814. The van der Waals surface area contributed by atoms with Crippen molar-refractivity contribution in [3.05, 3.63) is 64.1 Å². The van der Waals surface area contributed by atoms with E-state index in [2.05, 4.69) is 33.0 Å². The molecule has 0 spiro atoms. The molecule has 5 nitrogen and oxygen atoms in total. The average molecular weight is 373 g/mol. The Hall–Kier alpha value is -2.12. The van der Waals surface area contributed by atoms with Gasteiger partial charge in [0, 0.05) is 18.0 Å². The number of hydrogen-bond acceptors (Lipinski definition) is 5. The Morgan fingerprint density at radius 1 is 1.28 bits per heavy atom. The van der Waals surface area contributed by atoms with Crippen LogP contribution in [0.5, 0.6) is 0 Å². The summed E-state index contributed by atoms with van der Waals surface area (Å²) < 4.78 is 2.00. The summed E-state index contributed by atoms with van der Waals surface area (Å²) in [6.07, 6.45) is 2.67. The van der Waals surface area contributed by atoms with Crippen molar-refractivity contribution in [3.8, 4) is 0 Å². The molecule has 0 unspecified atom stereocenters. The van der Waals surface area contributed by atoms with Gasteiger partial charge in [-0.25, -0.2) is 0 Å². The first-order valence-electron chi connectivity index (χ1n) is 8.06. The maximum Gasteiger partial charge on any atom is 0.230 e. The summed E-state index contributed by atoms with van der Waals surface area (Å²) in [7, 11) is 0. The van der Waals surface area contributed by atoms with Gasteiger partial charge in [-0.1, -0.05) is 42.1 Å². The predicted octanol–water partition coefficient (Wildman–Crippen LogP) is 3.30. The van der Waals surface area contributed by atoms with Crippen LogP contribution in [0.4, 0.5) is 0 Å². The highest BCUT2D eigenvalue weighted by atomic mass is 32.2. The van der Waals surface area contributed by atoms with Gasteiger partial charge in [-0.05, 0) is 35.9 Å². The van der Waals surface area contributed by atoms with Crippen LogP contribution in [0.25, 0.3) is 0 Å². The maximum absolute atomic E-state index is 12.1. The highest BCUT2D eigenvalue weighted by molar-refractivity contribution is 7.99. The van der Waals surface area contributed by atoms with Crippen LogP contribution in [0.3, 0.4) is 0 Å². The Balaban J connectivity index is 1.46. The van der Waals surface area contributed by atoms with Gasteiger partial charge in [-0.2, -0.15) is 0 Å². The fourth-order valence-electron chi connectivity index (χ4n) is 2.38. The highest BCUT2D eigenvalue weighted by Gasteiger charge is 2.09. The molecule has 3 aromatic rings. The van der Waals surface area contributed by atoms with E-state index in [0.29, 0.717) is 12.3 Å². The van der Waals surface area contributed by atoms with Crippen LogP contribution in [0.15, 0.2) is 53.3 Å². The number of benzene rings is 1. The zero-order valence-corrected chi connectivity index (χ0v) is 15.6. The Kier molecular flexibility index (Phi) is 6.25. The standard InChI is InChI=1S/C18H20N4OS2/c1-14-5-2-3-6-15(14)11-19-17(23)12-25-18-21-20-13-22(18)9-8-16-7-4-10-24-16/h2-7,10,13H,8-9,11-12H2,1H3,(H,19,23). The monoisotopic (exact) mass is 372 g/mol. The minimum Gasteiger partial charge on any atom is -0.351 e. The molecule has 2 aromatic heterocycles. The summed E-state index contributed by atoms with van der Waals surface area (Å²) in [4.78, 5) is 13.4. The number of carbonyl (C=O) groups is 1. The minimum atomic E-state index is 0.000981. The summed E-state index contributed by atoms with van der Waals surface area (Å²) in [6.45, 7) is 3.42. The van der Waals surface area contributed by atoms with E-state index in [1.807, 2.05) is 35.8 Å². The van der Waals surface area contributed by atoms with E-state index in [-0.39, 0.29) is 5.91 Å². The first kappa shape index (κ1) is 17.7. The predicted molar refractivity (Wildman–Crippen MR) is 102 cm³/mol. The second-order valence-electron chi connectivity index (χ2n) is 5.63. The van der Waals surface area contributed by atoms with Crippen LogP contribution < -0.4 is 5.32 Å². The van der Waals surface area contributed by atoms with Crippen molar-refractivity contribution in [2.45, 2.75) is 31.6 Å². The number of rotatable bonds is 8. The molecule has 0 radical (unpaired) electrons. The molecule has 1 amide bonds. The van der Waals surface area contributed by atoms with Crippen molar-refractivity contribution in [1.29, 1.82) is 0 Å². The van der Waals surface area contributed by atoms with Crippen molar-refractivity contribution >= 4 is 29.0 Å². The van der Waals surface area contributed by atoms with E-state index in [1.165, 1.54) is 22.2 Å². The molecule has 7 heteroatoms. The Morgan fingerprint density at radius 3 is 2.96 bits per heavy atom. The molecule has 1 N–H and O–H groups in total. The first-order chi connectivity index (χ1) is 12.2. The lowest BCUT2D eigenvalue weighted by Gasteiger charge is -2.08. The number of carbonyl (C=O) groups excluding carboxylic acids is 1. The third kappa shape index (κ3) is 5.17. The zero-order valence-electron chi connectivity index (χ0n) is 14.0. The maximum atomic E-state index is 12.1. The van der Waals surface area contributed by atoms with Gasteiger partial charge < -0.3 is 9.88 Å². The molecule has 1 aromatic carbocycles. The average Bonchev–Trinajstić information content (AvgIpc) is 3.29. The molecule has 25 heavy (non-hydrogen) atoms. The molecular weight excluding hydrogens is 352 g/mol. The van der Waals surface area contributed by atoms with Crippen LogP contribution >= 0.6 is 23.1 Å². The largest absolute Gasteiger partial charge is 0.351 e. The second-order valence-corrected chi connectivity index (χ2v) is 7.60. The molecule has 0 fully saturated rings. The van der Waals surface area contributed by atoms with Crippen molar-refractivity contribution < 1.29 is 4.79 Å². The summed E-state index contributed by atoms with van der Waals surface area (Å²) >= 11 is 3.17. The molecule has 3 rings (SSSR count). The van der Waals surface area contributed by atoms with Gasteiger partial charge in [-0.15, -0.1) is 21.5 Å².